The van der Waals surface area contributed by atoms with Gasteiger partial charge in [0.05, 0.1) is 11.4 Å². The third-order valence-corrected chi connectivity index (χ3v) is 5.01. The van der Waals surface area contributed by atoms with Crippen molar-refractivity contribution in [1.29, 1.82) is 0 Å². The van der Waals surface area contributed by atoms with Crippen molar-refractivity contribution in [3.05, 3.63) is 24.0 Å². The number of carbonyl (C=O) groups is 1. The van der Waals surface area contributed by atoms with Crippen LogP contribution in [0.1, 0.15) is 36.2 Å². The fourth-order valence-corrected chi connectivity index (χ4v) is 3.48. The molecule has 1 aromatic rings. The first kappa shape index (κ1) is 14.0. The van der Waals surface area contributed by atoms with Crippen molar-refractivity contribution in [3.63, 3.8) is 0 Å². The van der Waals surface area contributed by atoms with E-state index in [0.29, 0.717) is 30.6 Å². The zero-order valence-corrected chi connectivity index (χ0v) is 11.6. The standard InChI is InChI=1S/C13H17NO4S/c1-19(16,17)13-4-2-3-11(7-13)18-12-6-5-10(9-15)14-8-12/h5-6,8-9,11,13H,2-4,7H2,1H3. The van der Waals surface area contributed by atoms with Crippen LogP contribution in [0.15, 0.2) is 18.3 Å². The molecule has 1 aromatic heterocycles. The lowest BCUT2D eigenvalue weighted by atomic mass is 9.97. The molecule has 1 saturated carbocycles. The minimum Gasteiger partial charge on any atom is -0.489 e. The molecule has 5 nitrogen and oxygen atoms in total. The second kappa shape index (κ2) is 5.69. The first-order chi connectivity index (χ1) is 8.99. The Bertz CT molecular complexity index is 538. The molecule has 2 atom stereocenters. The monoisotopic (exact) mass is 283 g/mol. The lowest BCUT2D eigenvalue weighted by Crippen LogP contribution is -2.33. The van der Waals surface area contributed by atoms with Crippen molar-refractivity contribution in [2.75, 3.05) is 6.26 Å². The van der Waals surface area contributed by atoms with E-state index in [2.05, 4.69) is 4.98 Å². The highest BCUT2D eigenvalue weighted by molar-refractivity contribution is 7.91. The Hall–Kier alpha value is -1.43. The number of ether oxygens (including phenoxy) is 1. The van der Waals surface area contributed by atoms with Crippen LogP contribution in [0.4, 0.5) is 0 Å². The topological polar surface area (TPSA) is 73.3 Å². The highest BCUT2D eigenvalue weighted by Crippen LogP contribution is 2.27. The number of sulfone groups is 1. The maximum Gasteiger partial charge on any atom is 0.168 e. The highest BCUT2D eigenvalue weighted by atomic mass is 32.2. The quantitative estimate of drug-likeness (QED) is 0.785. The summed E-state index contributed by atoms with van der Waals surface area (Å²) in [5.41, 5.74) is 0.352. The third-order valence-electron chi connectivity index (χ3n) is 3.37. The van der Waals surface area contributed by atoms with Crippen LogP contribution < -0.4 is 4.74 Å². The summed E-state index contributed by atoms with van der Waals surface area (Å²) in [6, 6.07) is 3.26. The Morgan fingerprint density at radius 2 is 2.16 bits per heavy atom. The Kier molecular flexibility index (Phi) is 4.19. The van der Waals surface area contributed by atoms with Gasteiger partial charge in [-0.05, 0) is 31.4 Å². The third kappa shape index (κ3) is 3.76. The van der Waals surface area contributed by atoms with Crippen LogP contribution in [-0.2, 0) is 9.84 Å². The molecule has 0 amide bonds. The van der Waals surface area contributed by atoms with E-state index in [-0.39, 0.29) is 11.4 Å². The van der Waals surface area contributed by atoms with Gasteiger partial charge in [0.25, 0.3) is 0 Å². The van der Waals surface area contributed by atoms with Gasteiger partial charge < -0.3 is 4.74 Å². The van der Waals surface area contributed by atoms with Crippen molar-refractivity contribution in [2.45, 2.75) is 37.0 Å². The largest absolute Gasteiger partial charge is 0.489 e. The zero-order valence-electron chi connectivity index (χ0n) is 10.8. The minimum atomic E-state index is -3.00. The fraction of sp³-hybridized carbons (Fsp3) is 0.538. The van der Waals surface area contributed by atoms with Gasteiger partial charge >= 0.3 is 0 Å². The summed E-state index contributed by atoms with van der Waals surface area (Å²) in [4.78, 5) is 14.4. The molecule has 0 radical (unpaired) electrons. The van der Waals surface area contributed by atoms with Gasteiger partial charge in [-0.2, -0.15) is 0 Å². The fourth-order valence-electron chi connectivity index (χ4n) is 2.32. The van der Waals surface area contributed by atoms with Crippen molar-refractivity contribution < 1.29 is 17.9 Å². The summed E-state index contributed by atoms with van der Waals surface area (Å²) in [7, 11) is -3.00. The molecular formula is C13H17NO4S. The van der Waals surface area contributed by atoms with Gasteiger partial charge in [-0.1, -0.05) is 0 Å². The molecular weight excluding hydrogens is 266 g/mol. The van der Waals surface area contributed by atoms with E-state index in [1.54, 1.807) is 12.1 Å². The lowest BCUT2D eigenvalue weighted by molar-refractivity contribution is 0.111. The molecule has 1 aliphatic carbocycles. The van der Waals surface area contributed by atoms with Crippen LogP contribution in [0.5, 0.6) is 5.75 Å². The second-order valence-corrected chi connectivity index (χ2v) is 7.22. The number of hydrogen-bond acceptors (Lipinski definition) is 5. The van der Waals surface area contributed by atoms with Gasteiger partial charge in [0.2, 0.25) is 0 Å². The molecule has 0 spiro atoms. The molecule has 0 N–H and O–H groups in total. The van der Waals surface area contributed by atoms with Crippen LogP contribution in [0, 0.1) is 0 Å². The molecule has 0 aromatic carbocycles. The summed E-state index contributed by atoms with van der Waals surface area (Å²) in [6.07, 6.45) is 6.27. The summed E-state index contributed by atoms with van der Waals surface area (Å²) in [5.74, 6) is 0.574. The number of rotatable bonds is 4. The molecule has 6 heteroatoms. The van der Waals surface area contributed by atoms with E-state index in [0.717, 1.165) is 12.8 Å². The van der Waals surface area contributed by atoms with E-state index in [4.69, 9.17) is 4.74 Å². The number of hydrogen-bond donors (Lipinski definition) is 0. The molecule has 1 heterocycles. The first-order valence-corrected chi connectivity index (χ1v) is 8.21. The zero-order chi connectivity index (χ0) is 13.9. The maximum absolute atomic E-state index is 11.6. The SMILES string of the molecule is CS(=O)(=O)C1CCCC(Oc2ccc(C=O)nc2)C1. The Labute approximate surface area is 112 Å². The lowest BCUT2D eigenvalue weighted by Gasteiger charge is -2.28. The van der Waals surface area contributed by atoms with E-state index in [1.807, 2.05) is 0 Å². The minimum absolute atomic E-state index is 0.0997. The smallest absolute Gasteiger partial charge is 0.168 e. The average molecular weight is 283 g/mol. The van der Waals surface area contributed by atoms with Gasteiger partial charge in [-0.25, -0.2) is 13.4 Å². The number of carbonyl (C=O) groups excluding carboxylic acids is 1. The Balaban J connectivity index is 2.00. The van der Waals surface area contributed by atoms with Gasteiger partial charge in [-0.15, -0.1) is 0 Å². The van der Waals surface area contributed by atoms with Crippen LogP contribution in [0.2, 0.25) is 0 Å². The molecule has 0 bridgehead atoms. The molecule has 104 valence electrons. The molecule has 19 heavy (non-hydrogen) atoms. The maximum atomic E-state index is 11.6. The normalized spacial score (nSPS) is 23.8. The van der Waals surface area contributed by atoms with Crippen LogP contribution in [0.3, 0.4) is 0 Å². The molecule has 0 aliphatic heterocycles. The van der Waals surface area contributed by atoms with Crippen molar-refractivity contribution in [3.8, 4) is 5.75 Å². The Morgan fingerprint density at radius 3 is 2.74 bits per heavy atom. The number of aldehydes is 1. The van der Waals surface area contributed by atoms with Crippen molar-refractivity contribution in [1.82, 2.24) is 4.98 Å². The van der Waals surface area contributed by atoms with E-state index < -0.39 is 9.84 Å². The van der Waals surface area contributed by atoms with E-state index in [1.165, 1.54) is 12.5 Å². The molecule has 2 rings (SSSR count). The second-order valence-electron chi connectivity index (χ2n) is 4.89. The van der Waals surface area contributed by atoms with Gasteiger partial charge in [0.1, 0.15) is 27.4 Å². The summed E-state index contributed by atoms with van der Waals surface area (Å²) in [6.45, 7) is 0. The van der Waals surface area contributed by atoms with Crippen LogP contribution in [-0.4, -0.2) is 37.3 Å². The molecule has 1 aliphatic rings. The van der Waals surface area contributed by atoms with E-state index in [9.17, 15) is 13.2 Å². The number of pyridine rings is 1. The summed E-state index contributed by atoms with van der Waals surface area (Å²) < 4.78 is 28.9. The van der Waals surface area contributed by atoms with E-state index >= 15 is 0 Å². The first-order valence-electron chi connectivity index (χ1n) is 6.26. The number of nitrogens with zero attached hydrogens (tertiary/aromatic N) is 1. The van der Waals surface area contributed by atoms with Crippen molar-refractivity contribution in [2.24, 2.45) is 0 Å². The summed E-state index contributed by atoms with van der Waals surface area (Å²) in [5, 5.41) is -0.312. The van der Waals surface area contributed by atoms with Crippen LogP contribution >= 0.6 is 0 Å². The number of aromatic nitrogens is 1. The predicted octanol–water partition coefficient (Wildman–Crippen LogP) is 1.63. The molecule has 2 unspecified atom stereocenters. The predicted molar refractivity (Wildman–Crippen MR) is 71.1 cm³/mol. The van der Waals surface area contributed by atoms with Crippen molar-refractivity contribution >= 4 is 16.1 Å². The van der Waals surface area contributed by atoms with Gasteiger partial charge in [-0.3, -0.25) is 4.79 Å². The van der Waals surface area contributed by atoms with Gasteiger partial charge in [0, 0.05) is 12.7 Å². The average Bonchev–Trinajstić information content (AvgIpc) is 2.39. The van der Waals surface area contributed by atoms with Crippen LogP contribution in [0.25, 0.3) is 0 Å². The van der Waals surface area contributed by atoms with Gasteiger partial charge in [0.15, 0.2) is 6.29 Å². The Morgan fingerprint density at radius 1 is 1.37 bits per heavy atom. The highest BCUT2D eigenvalue weighted by Gasteiger charge is 2.29. The summed E-state index contributed by atoms with van der Waals surface area (Å²) >= 11 is 0. The molecule has 0 saturated heterocycles. The molecule has 1 fully saturated rings.